The largest absolute Gasteiger partial charge is 0.494 e. The van der Waals surface area contributed by atoms with Gasteiger partial charge >= 0.3 is 0 Å². The molecule has 0 spiro atoms. The van der Waals surface area contributed by atoms with Gasteiger partial charge in [-0.25, -0.2) is 4.99 Å². The summed E-state index contributed by atoms with van der Waals surface area (Å²) in [5.41, 5.74) is 7.73. The predicted octanol–water partition coefficient (Wildman–Crippen LogP) is 2.04. The first kappa shape index (κ1) is 23.0. The van der Waals surface area contributed by atoms with Crippen LogP contribution >= 0.6 is 0 Å². The lowest BCUT2D eigenvalue weighted by molar-refractivity contribution is -0.123. The fraction of sp³-hybridized carbons (Fsp3) is 0.636. The third kappa shape index (κ3) is 7.93. The Morgan fingerprint density at radius 1 is 1.34 bits per heavy atom. The van der Waals surface area contributed by atoms with Crippen molar-refractivity contribution in [3.8, 4) is 5.75 Å². The fourth-order valence-electron chi connectivity index (χ4n) is 3.59. The number of carbonyl (C=O) groups is 1. The molecule has 2 rings (SSSR count). The number of carbonyl (C=O) groups excluding carboxylic acids is 1. The quantitative estimate of drug-likeness (QED) is 0.316. The first-order valence-electron chi connectivity index (χ1n) is 10.8. The molecule has 1 fully saturated rings. The Morgan fingerprint density at radius 3 is 2.90 bits per heavy atom. The first-order valence-corrected chi connectivity index (χ1v) is 10.8. The number of guanidine groups is 1. The van der Waals surface area contributed by atoms with Crippen LogP contribution in [0.4, 0.5) is 0 Å². The molecule has 0 saturated carbocycles. The Morgan fingerprint density at radius 2 is 2.17 bits per heavy atom. The van der Waals surface area contributed by atoms with Crippen LogP contribution in [0.5, 0.6) is 5.75 Å². The number of aryl methyl sites for hydroxylation is 1. The molecule has 29 heavy (non-hydrogen) atoms. The minimum Gasteiger partial charge on any atom is -0.494 e. The van der Waals surface area contributed by atoms with Crippen LogP contribution in [0, 0.1) is 12.8 Å². The smallest absolute Gasteiger partial charge is 0.221 e. The van der Waals surface area contributed by atoms with Crippen LogP contribution in [0.1, 0.15) is 44.2 Å². The third-order valence-corrected chi connectivity index (χ3v) is 5.13. The average molecular weight is 404 g/mol. The van der Waals surface area contributed by atoms with Gasteiger partial charge < -0.3 is 26.0 Å². The molecule has 1 unspecified atom stereocenters. The summed E-state index contributed by atoms with van der Waals surface area (Å²) < 4.78 is 5.75. The summed E-state index contributed by atoms with van der Waals surface area (Å²) in [4.78, 5) is 18.5. The summed E-state index contributed by atoms with van der Waals surface area (Å²) in [5.74, 6) is 1.55. The average Bonchev–Trinajstić information content (AvgIpc) is 2.70. The van der Waals surface area contributed by atoms with Crippen LogP contribution in [0.3, 0.4) is 0 Å². The second kappa shape index (κ2) is 12.3. The van der Waals surface area contributed by atoms with Gasteiger partial charge in [-0.2, -0.15) is 0 Å². The first-order chi connectivity index (χ1) is 14.0. The van der Waals surface area contributed by atoms with E-state index in [1.54, 1.807) is 0 Å². The number of benzene rings is 1. The van der Waals surface area contributed by atoms with E-state index >= 15 is 0 Å². The molecular weight excluding hydrogens is 366 g/mol. The number of hydrogen-bond acceptors (Lipinski definition) is 4. The van der Waals surface area contributed by atoms with Crippen LogP contribution in [0.15, 0.2) is 23.2 Å². The molecule has 0 radical (unpaired) electrons. The van der Waals surface area contributed by atoms with Gasteiger partial charge in [0.05, 0.1) is 19.1 Å². The lowest BCUT2D eigenvalue weighted by atomic mass is 9.97. The molecule has 1 saturated heterocycles. The van der Waals surface area contributed by atoms with Crippen molar-refractivity contribution in [1.82, 2.24) is 15.5 Å². The van der Waals surface area contributed by atoms with Crippen molar-refractivity contribution in [3.63, 3.8) is 0 Å². The highest BCUT2D eigenvalue weighted by Gasteiger charge is 2.23. The van der Waals surface area contributed by atoms with Gasteiger partial charge in [-0.05, 0) is 64.8 Å². The molecule has 1 aromatic rings. The fourth-order valence-corrected chi connectivity index (χ4v) is 3.59. The number of aliphatic imine (C=N–C) groups is 1. The Hall–Kier alpha value is -2.28. The van der Waals surface area contributed by atoms with E-state index < -0.39 is 0 Å². The van der Waals surface area contributed by atoms with Crippen molar-refractivity contribution in [2.75, 3.05) is 39.3 Å². The van der Waals surface area contributed by atoms with Crippen molar-refractivity contribution >= 4 is 11.9 Å². The summed E-state index contributed by atoms with van der Waals surface area (Å²) in [6, 6.07) is 6.23. The molecule has 1 aromatic carbocycles. The number of rotatable bonds is 10. The summed E-state index contributed by atoms with van der Waals surface area (Å²) in [5, 5.41) is 6.71. The van der Waals surface area contributed by atoms with E-state index in [-0.39, 0.29) is 11.8 Å². The second-order valence-corrected chi connectivity index (χ2v) is 7.56. The monoisotopic (exact) mass is 403 g/mol. The number of nitrogens with two attached hydrogens (primary N) is 1. The minimum absolute atomic E-state index is 0.00429. The molecule has 0 aliphatic carbocycles. The highest BCUT2D eigenvalue weighted by Crippen LogP contribution is 2.21. The molecule has 1 heterocycles. The molecule has 0 aromatic heterocycles. The minimum atomic E-state index is -0.170. The maximum absolute atomic E-state index is 11.4. The molecule has 0 bridgehead atoms. The molecule has 7 nitrogen and oxygen atoms in total. The lowest BCUT2D eigenvalue weighted by Gasteiger charge is -2.31. The molecule has 4 N–H and O–H groups in total. The Labute approximate surface area is 175 Å². The van der Waals surface area contributed by atoms with Crippen LogP contribution in [-0.4, -0.2) is 56.1 Å². The lowest BCUT2D eigenvalue weighted by Crippen LogP contribution is -2.43. The van der Waals surface area contributed by atoms with Gasteiger partial charge in [-0.1, -0.05) is 12.1 Å². The zero-order valence-electron chi connectivity index (χ0n) is 18.2. The van der Waals surface area contributed by atoms with Gasteiger partial charge in [-0.3, -0.25) is 4.79 Å². The Balaban J connectivity index is 1.83. The maximum atomic E-state index is 11.4. The van der Waals surface area contributed by atoms with Crippen molar-refractivity contribution in [1.29, 1.82) is 0 Å². The van der Waals surface area contributed by atoms with Gasteiger partial charge in [-0.15, -0.1) is 0 Å². The van der Waals surface area contributed by atoms with Gasteiger partial charge in [0.2, 0.25) is 5.91 Å². The van der Waals surface area contributed by atoms with Crippen LogP contribution in [-0.2, 0) is 11.3 Å². The second-order valence-electron chi connectivity index (χ2n) is 7.56. The number of piperidine rings is 1. The van der Waals surface area contributed by atoms with Crippen molar-refractivity contribution in [3.05, 3.63) is 29.3 Å². The number of nitrogens with one attached hydrogen (secondary N) is 2. The highest BCUT2D eigenvalue weighted by atomic mass is 16.5. The predicted molar refractivity (Wildman–Crippen MR) is 118 cm³/mol. The molecule has 1 atom stereocenters. The number of hydrogen-bond donors (Lipinski definition) is 3. The van der Waals surface area contributed by atoms with Crippen LogP contribution in [0.2, 0.25) is 0 Å². The molecule has 1 amide bonds. The summed E-state index contributed by atoms with van der Waals surface area (Å²) in [7, 11) is 0. The van der Waals surface area contributed by atoms with Crippen molar-refractivity contribution in [2.24, 2.45) is 16.6 Å². The standard InChI is InChI=1S/C22H37N5O2/c1-4-24-22(26-15-18-10-9-17(3)14-20(18)29-5-2)25-11-7-13-27-12-6-8-19(16-27)21(23)28/h9-10,14,19H,4-8,11-13,15-16H2,1-3H3,(H2,23,28)(H2,24,25,26). The van der Waals surface area contributed by atoms with Gasteiger partial charge in [0.15, 0.2) is 5.96 Å². The zero-order chi connectivity index (χ0) is 21.1. The number of nitrogens with zero attached hydrogens (tertiary/aromatic N) is 2. The summed E-state index contributed by atoms with van der Waals surface area (Å²) in [6.45, 7) is 11.8. The molecule has 1 aliphatic heterocycles. The zero-order valence-corrected chi connectivity index (χ0v) is 18.2. The topological polar surface area (TPSA) is 92.0 Å². The van der Waals surface area contributed by atoms with E-state index in [2.05, 4.69) is 47.6 Å². The SMILES string of the molecule is CCNC(=NCc1ccc(C)cc1OCC)NCCCN1CCCC(C(N)=O)C1. The Kier molecular flexibility index (Phi) is 9.77. The van der Waals surface area contributed by atoms with Crippen LogP contribution in [0.25, 0.3) is 0 Å². The van der Waals surface area contributed by atoms with E-state index in [1.807, 2.05) is 6.92 Å². The molecular formula is C22H37N5O2. The van der Waals surface area contributed by atoms with E-state index in [9.17, 15) is 4.79 Å². The maximum Gasteiger partial charge on any atom is 0.221 e. The van der Waals surface area contributed by atoms with E-state index in [0.717, 1.165) is 69.3 Å². The summed E-state index contributed by atoms with van der Waals surface area (Å²) in [6.07, 6.45) is 2.96. The van der Waals surface area contributed by atoms with Crippen molar-refractivity contribution < 1.29 is 9.53 Å². The van der Waals surface area contributed by atoms with Crippen molar-refractivity contribution in [2.45, 2.75) is 46.6 Å². The number of ether oxygens (including phenoxy) is 1. The van der Waals surface area contributed by atoms with Crippen LogP contribution < -0.4 is 21.1 Å². The van der Waals surface area contributed by atoms with E-state index in [0.29, 0.717) is 13.2 Å². The number of primary amides is 1. The number of likely N-dealkylation sites (tertiary alicyclic amines) is 1. The molecule has 1 aliphatic rings. The van der Waals surface area contributed by atoms with E-state index in [1.165, 1.54) is 5.56 Å². The van der Waals surface area contributed by atoms with Gasteiger partial charge in [0, 0.05) is 25.2 Å². The highest BCUT2D eigenvalue weighted by molar-refractivity contribution is 5.79. The van der Waals surface area contributed by atoms with Gasteiger partial charge in [0.1, 0.15) is 5.75 Å². The molecule has 162 valence electrons. The number of amides is 1. The summed E-state index contributed by atoms with van der Waals surface area (Å²) >= 11 is 0. The normalized spacial score (nSPS) is 17.8. The van der Waals surface area contributed by atoms with Gasteiger partial charge in [0.25, 0.3) is 0 Å². The van der Waals surface area contributed by atoms with E-state index in [4.69, 9.17) is 15.5 Å². The Bertz CT molecular complexity index is 677. The molecule has 7 heteroatoms. The third-order valence-electron chi connectivity index (χ3n) is 5.13.